The first-order valence-electron chi connectivity index (χ1n) is 13.9. The van der Waals surface area contributed by atoms with Crippen LogP contribution in [0.15, 0.2) is 78.1 Å². The molecule has 3 aromatic carbocycles. The summed E-state index contributed by atoms with van der Waals surface area (Å²) < 4.78 is 42.7. The third-order valence-electron chi connectivity index (χ3n) is 7.23. The number of alkyl halides is 3. The quantitative estimate of drug-likeness (QED) is 0.220. The van der Waals surface area contributed by atoms with Gasteiger partial charge in [0.15, 0.2) is 11.3 Å². The number of benzene rings is 3. The molecule has 0 saturated carbocycles. The molecule has 1 aliphatic heterocycles. The first kappa shape index (κ1) is 31.0. The molecule has 1 unspecified atom stereocenters. The number of carbonyl (C=O) groups excluding carboxylic acids is 1. The molecule has 12 heteroatoms. The smallest absolute Gasteiger partial charge is 0.406 e. The average molecular weight is 623 g/mol. The molecule has 4 aromatic rings. The fraction of sp³-hybridized carbons (Fsp3) is 0.281. The Kier molecular flexibility index (Phi) is 8.39. The molecule has 0 radical (unpaired) electrons. The number of thioether (sulfide) groups is 1. The summed E-state index contributed by atoms with van der Waals surface area (Å²) >= 11 is 1.55. The number of rotatable bonds is 7. The summed E-state index contributed by atoms with van der Waals surface area (Å²) in [6, 6.07) is 16.9. The fourth-order valence-electron chi connectivity index (χ4n) is 5.27. The minimum Gasteiger partial charge on any atom is -0.406 e. The molecule has 2 amide bonds. The molecule has 2 heterocycles. The Bertz CT molecular complexity index is 1680. The second-order valence-electron chi connectivity index (χ2n) is 11.2. The zero-order valence-corrected chi connectivity index (χ0v) is 26.0. The van der Waals surface area contributed by atoms with Gasteiger partial charge in [-0.1, -0.05) is 53.7 Å². The Hall–Kier alpha value is -4.45. The SMILES string of the molecule is CC1=CSC(NC(=O)NC(C)(C)c2ccc(-c3ncn(-c4ccc(OC(F)(F)F)cc4)n3)cc2)N1c1c(C)cc(C)cc1C. The zero-order chi connectivity index (χ0) is 31.8. The van der Waals surface area contributed by atoms with Gasteiger partial charge < -0.3 is 20.3 Å². The maximum atomic E-state index is 13.2. The predicted octanol–water partition coefficient (Wildman–Crippen LogP) is 7.69. The van der Waals surface area contributed by atoms with Crippen LogP contribution in [0.5, 0.6) is 5.75 Å². The van der Waals surface area contributed by atoms with Gasteiger partial charge in [-0.25, -0.2) is 14.5 Å². The lowest BCUT2D eigenvalue weighted by Crippen LogP contribution is -2.52. The number of halogens is 3. The Morgan fingerprint density at radius 2 is 1.59 bits per heavy atom. The molecule has 1 aromatic heterocycles. The van der Waals surface area contributed by atoms with E-state index in [9.17, 15) is 18.0 Å². The minimum atomic E-state index is -4.76. The van der Waals surface area contributed by atoms with Gasteiger partial charge in [-0.05, 0) is 87.9 Å². The van der Waals surface area contributed by atoms with Crippen LogP contribution in [-0.4, -0.2) is 32.7 Å². The number of anilines is 1. The zero-order valence-electron chi connectivity index (χ0n) is 25.2. The van der Waals surface area contributed by atoms with Crippen LogP contribution < -0.4 is 20.3 Å². The van der Waals surface area contributed by atoms with E-state index < -0.39 is 11.9 Å². The van der Waals surface area contributed by atoms with E-state index in [1.165, 1.54) is 40.8 Å². The molecule has 44 heavy (non-hydrogen) atoms. The van der Waals surface area contributed by atoms with E-state index in [-0.39, 0.29) is 17.3 Å². The summed E-state index contributed by atoms with van der Waals surface area (Å²) in [6.07, 6.45) is -3.27. The highest BCUT2D eigenvalue weighted by Gasteiger charge is 2.32. The van der Waals surface area contributed by atoms with Crippen LogP contribution in [-0.2, 0) is 5.54 Å². The van der Waals surface area contributed by atoms with Crippen molar-refractivity contribution in [3.63, 3.8) is 0 Å². The average Bonchev–Trinajstić information content (AvgIpc) is 3.55. The molecule has 230 valence electrons. The second kappa shape index (κ2) is 11.9. The first-order valence-corrected chi connectivity index (χ1v) is 14.8. The molecular weight excluding hydrogens is 589 g/mol. The van der Waals surface area contributed by atoms with Gasteiger partial charge in [0.25, 0.3) is 0 Å². The van der Waals surface area contributed by atoms with Crippen molar-refractivity contribution in [2.75, 3.05) is 4.90 Å². The number of ether oxygens (including phenoxy) is 1. The fourth-order valence-corrected chi connectivity index (χ4v) is 6.28. The third-order valence-corrected chi connectivity index (χ3v) is 8.29. The standard InChI is InChI=1S/C32H33F3N6O2S/c1-19-15-20(2)27(21(3)16-19)41-22(4)17-44-30(41)37-29(42)38-31(5,6)24-9-7-23(8-10-24)28-36-18-40(39-28)25-11-13-26(14-12-25)43-32(33,34)35/h7-18,30H,1-6H3,(H2,37,38,42). The Labute approximate surface area is 258 Å². The van der Waals surface area contributed by atoms with E-state index >= 15 is 0 Å². The maximum absolute atomic E-state index is 13.2. The molecule has 0 bridgehead atoms. The molecule has 2 N–H and O–H groups in total. The Balaban J connectivity index is 1.24. The molecule has 0 aliphatic carbocycles. The van der Waals surface area contributed by atoms with Crippen LogP contribution in [0, 0.1) is 20.8 Å². The molecule has 0 fully saturated rings. The van der Waals surface area contributed by atoms with E-state index in [1.54, 1.807) is 11.8 Å². The highest BCUT2D eigenvalue weighted by molar-refractivity contribution is 8.03. The number of amides is 2. The van der Waals surface area contributed by atoms with E-state index in [0.717, 1.165) is 33.6 Å². The van der Waals surface area contributed by atoms with Crippen molar-refractivity contribution in [1.82, 2.24) is 25.4 Å². The summed E-state index contributed by atoms with van der Waals surface area (Å²) in [5, 5.41) is 12.7. The summed E-state index contributed by atoms with van der Waals surface area (Å²) in [5.41, 5.74) is 6.83. The van der Waals surface area contributed by atoms with Gasteiger partial charge in [0.1, 0.15) is 12.1 Å². The van der Waals surface area contributed by atoms with E-state index in [0.29, 0.717) is 11.5 Å². The molecule has 5 rings (SSSR count). The van der Waals surface area contributed by atoms with Crippen LogP contribution >= 0.6 is 11.8 Å². The summed E-state index contributed by atoms with van der Waals surface area (Å²) in [4.78, 5) is 19.7. The molecular formula is C32H33F3N6O2S. The van der Waals surface area contributed by atoms with Crippen LogP contribution in [0.4, 0.5) is 23.7 Å². The highest BCUT2D eigenvalue weighted by atomic mass is 32.2. The number of nitrogens with one attached hydrogen (secondary N) is 2. The Morgan fingerprint density at radius 3 is 2.20 bits per heavy atom. The van der Waals surface area contributed by atoms with Crippen LogP contribution in [0.2, 0.25) is 0 Å². The van der Waals surface area contributed by atoms with Crippen molar-refractivity contribution in [3.8, 4) is 22.8 Å². The summed E-state index contributed by atoms with van der Waals surface area (Å²) in [7, 11) is 0. The predicted molar refractivity (Wildman–Crippen MR) is 166 cm³/mol. The number of allylic oxidation sites excluding steroid dienone is 1. The lowest BCUT2D eigenvalue weighted by Gasteiger charge is -2.33. The van der Waals surface area contributed by atoms with Crippen molar-refractivity contribution in [2.24, 2.45) is 0 Å². The first-order chi connectivity index (χ1) is 20.7. The number of aromatic nitrogens is 3. The van der Waals surface area contributed by atoms with Gasteiger partial charge in [0.2, 0.25) is 0 Å². The van der Waals surface area contributed by atoms with Gasteiger partial charge in [-0.2, -0.15) is 0 Å². The molecule has 1 aliphatic rings. The number of nitrogens with zero attached hydrogens (tertiary/aromatic N) is 4. The van der Waals surface area contributed by atoms with Gasteiger partial charge in [0, 0.05) is 16.9 Å². The van der Waals surface area contributed by atoms with E-state index in [4.69, 9.17) is 0 Å². The van der Waals surface area contributed by atoms with Crippen molar-refractivity contribution in [3.05, 3.63) is 100 Å². The van der Waals surface area contributed by atoms with E-state index in [2.05, 4.69) is 68.7 Å². The van der Waals surface area contributed by atoms with Crippen molar-refractivity contribution in [1.29, 1.82) is 0 Å². The van der Waals surface area contributed by atoms with Crippen LogP contribution in [0.1, 0.15) is 43.0 Å². The van der Waals surface area contributed by atoms with Crippen LogP contribution in [0.3, 0.4) is 0 Å². The Morgan fingerprint density at radius 1 is 0.955 bits per heavy atom. The monoisotopic (exact) mass is 622 g/mol. The molecule has 0 saturated heterocycles. The van der Waals surface area contributed by atoms with Gasteiger partial charge >= 0.3 is 12.4 Å². The van der Waals surface area contributed by atoms with Crippen LogP contribution in [0.25, 0.3) is 17.1 Å². The maximum Gasteiger partial charge on any atom is 0.573 e. The third kappa shape index (κ3) is 6.85. The normalized spacial score (nSPS) is 15.2. The van der Waals surface area contributed by atoms with Gasteiger partial charge in [-0.3, -0.25) is 0 Å². The summed E-state index contributed by atoms with van der Waals surface area (Å²) in [6.45, 7) is 12.1. The van der Waals surface area contributed by atoms with E-state index in [1.807, 2.05) is 45.0 Å². The molecule has 1 atom stereocenters. The lowest BCUT2D eigenvalue weighted by molar-refractivity contribution is -0.274. The van der Waals surface area contributed by atoms with Crippen molar-refractivity contribution >= 4 is 23.5 Å². The molecule has 8 nitrogen and oxygen atoms in total. The number of aryl methyl sites for hydroxylation is 3. The summed E-state index contributed by atoms with van der Waals surface area (Å²) in [5.74, 6) is 0.128. The topological polar surface area (TPSA) is 84.3 Å². The highest BCUT2D eigenvalue weighted by Crippen LogP contribution is 2.38. The second-order valence-corrected chi connectivity index (χ2v) is 12.2. The largest absolute Gasteiger partial charge is 0.573 e. The number of hydrogen-bond acceptors (Lipinski definition) is 6. The van der Waals surface area contributed by atoms with Gasteiger partial charge in [0.05, 0.1) is 11.2 Å². The number of carbonyl (C=O) groups is 1. The number of hydrogen-bond donors (Lipinski definition) is 2. The number of urea groups is 1. The molecule has 0 spiro atoms. The lowest BCUT2D eigenvalue weighted by atomic mass is 9.93. The minimum absolute atomic E-state index is 0.289. The van der Waals surface area contributed by atoms with Gasteiger partial charge in [-0.15, -0.1) is 18.3 Å². The van der Waals surface area contributed by atoms with Crippen molar-refractivity contribution in [2.45, 2.75) is 58.9 Å². The van der Waals surface area contributed by atoms with Crippen molar-refractivity contribution < 1.29 is 22.7 Å².